The van der Waals surface area contributed by atoms with Crippen LogP contribution >= 0.6 is 0 Å². The molecule has 1 aromatic rings. The molecule has 0 bridgehead atoms. The zero-order valence-corrected chi connectivity index (χ0v) is 10.9. The van der Waals surface area contributed by atoms with Crippen molar-refractivity contribution in [1.29, 1.82) is 0 Å². The quantitative estimate of drug-likeness (QED) is 0.739. The summed E-state index contributed by atoms with van der Waals surface area (Å²) >= 11 is 0. The average Bonchev–Trinajstić information content (AvgIpc) is 2.42. The first-order valence-corrected chi connectivity index (χ1v) is 6.14. The van der Waals surface area contributed by atoms with Gasteiger partial charge in [0.2, 0.25) is 5.91 Å². The predicted octanol–water partition coefficient (Wildman–Crippen LogP) is 1.97. The standard InChI is InChI=1S/C14H20N2O/c1-11-6-4-7-12(2)14(11)16-9-5-8-15(3)13(17)10-16/h4,6-7H,5,8-10H2,1-3H3. The van der Waals surface area contributed by atoms with Crippen molar-refractivity contribution in [3.8, 4) is 0 Å². The highest BCUT2D eigenvalue weighted by Gasteiger charge is 2.20. The van der Waals surface area contributed by atoms with Crippen LogP contribution in [0.5, 0.6) is 0 Å². The van der Waals surface area contributed by atoms with Crippen LogP contribution in [-0.2, 0) is 4.79 Å². The molecule has 92 valence electrons. The van der Waals surface area contributed by atoms with Crippen LogP contribution in [0.4, 0.5) is 5.69 Å². The number of aryl methyl sites for hydroxylation is 2. The maximum absolute atomic E-state index is 11.9. The van der Waals surface area contributed by atoms with E-state index in [9.17, 15) is 4.79 Å². The van der Waals surface area contributed by atoms with Crippen molar-refractivity contribution in [2.75, 3.05) is 31.6 Å². The fourth-order valence-corrected chi connectivity index (χ4v) is 2.48. The molecule has 1 aliphatic heterocycles. The predicted molar refractivity (Wildman–Crippen MR) is 70.4 cm³/mol. The van der Waals surface area contributed by atoms with E-state index in [0.29, 0.717) is 6.54 Å². The molecule has 0 aromatic heterocycles. The smallest absolute Gasteiger partial charge is 0.241 e. The van der Waals surface area contributed by atoms with Crippen molar-refractivity contribution in [2.24, 2.45) is 0 Å². The number of benzene rings is 1. The van der Waals surface area contributed by atoms with Gasteiger partial charge in [-0.1, -0.05) is 18.2 Å². The van der Waals surface area contributed by atoms with E-state index in [1.807, 2.05) is 11.9 Å². The van der Waals surface area contributed by atoms with E-state index in [1.54, 1.807) is 0 Å². The lowest BCUT2D eigenvalue weighted by atomic mass is 10.1. The molecule has 1 saturated heterocycles. The molecule has 0 atom stereocenters. The zero-order chi connectivity index (χ0) is 12.4. The van der Waals surface area contributed by atoms with Gasteiger partial charge in [-0.25, -0.2) is 0 Å². The topological polar surface area (TPSA) is 23.6 Å². The van der Waals surface area contributed by atoms with Crippen molar-refractivity contribution >= 4 is 11.6 Å². The van der Waals surface area contributed by atoms with Gasteiger partial charge in [0.25, 0.3) is 0 Å². The summed E-state index contributed by atoms with van der Waals surface area (Å²) in [5.41, 5.74) is 3.74. The van der Waals surface area contributed by atoms with E-state index in [0.717, 1.165) is 19.5 Å². The highest BCUT2D eigenvalue weighted by atomic mass is 16.2. The molecule has 0 unspecified atom stereocenters. The van der Waals surface area contributed by atoms with Crippen LogP contribution in [0.3, 0.4) is 0 Å². The molecule has 0 aliphatic carbocycles. The summed E-state index contributed by atoms with van der Waals surface area (Å²) in [6.45, 7) is 6.55. The van der Waals surface area contributed by atoms with E-state index in [1.165, 1.54) is 16.8 Å². The minimum Gasteiger partial charge on any atom is -0.362 e. The fourth-order valence-electron chi connectivity index (χ4n) is 2.48. The second-order valence-corrected chi connectivity index (χ2v) is 4.83. The molecule has 2 rings (SSSR count). The first-order valence-electron chi connectivity index (χ1n) is 6.14. The Morgan fingerprint density at radius 2 is 1.76 bits per heavy atom. The molecule has 0 spiro atoms. The molecular weight excluding hydrogens is 212 g/mol. The van der Waals surface area contributed by atoms with Crippen molar-refractivity contribution in [3.63, 3.8) is 0 Å². The molecule has 3 heteroatoms. The first kappa shape index (κ1) is 12.0. The number of nitrogens with zero attached hydrogens (tertiary/aromatic N) is 2. The third kappa shape index (κ3) is 2.43. The molecule has 1 fully saturated rings. The molecule has 1 heterocycles. The molecule has 0 N–H and O–H groups in total. The normalized spacial score (nSPS) is 17.2. The molecule has 1 amide bonds. The fraction of sp³-hybridized carbons (Fsp3) is 0.500. The summed E-state index contributed by atoms with van der Waals surface area (Å²) in [7, 11) is 1.89. The monoisotopic (exact) mass is 232 g/mol. The highest BCUT2D eigenvalue weighted by molar-refractivity contribution is 5.82. The number of anilines is 1. The summed E-state index contributed by atoms with van der Waals surface area (Å²) in [5, 5.41) is 0. The second-order valence-electron chi connectivity index (χ2n) is 4.83. The number of para-hydroxylation sites is 1. The van der Waals surface area contributed by atoms with Crippen molar-refractivity contribution in [3.05, 3.63) is 29.3 Å². The van der Waals surface area contributed by atoms with Gasteiger partial charge in [0.1, 0.15) is 0 Å². The summed E-state index contributed by atoms with van der Waals surface area (Å²) in [6.07, 6.45) is 1.04. The molecule has 3 nitrogen and oxygen atoms in total. The maximum Gasteiger partial charge on any atom is 0.241 e. The van der Waals surface area contributed by atoms with Crippen molar-refractivity contribution < 1.29 is 4.79 Å². The summed E-state index contributed by atoms with van der Waals surface area (Å²) in [4.78, 5) is 16.0. The van der Waals surface area contributed by atoms with E-state index in [-0.39, 0.29) is 5.91 Å². The largest absolute Gasteiger partial charge is 0.362 e. The molecular formula is C14H20N2O. The average molecular weight is 232 g/mol. The molecule has 1 aromatic carbocycles. The van der Waals surface area contributed by atoms with Crippen LogP contribution in [0.1, 0.15) is 17.5 Å². The van der Waals surface area contributed by atoms with Crippen molar-refractivity contribution in [1.82, 2.24) is 4.90 Å². The maximum atomic E-state index is 11.9. The highest BCUT2D eigenvalue weighted by Crippen LogP contribution is 2.25. The third-order valence-corrected chi connectivity index (χ3v) is 3.43. The lowest BCUT2D eigenvalue weighted by Crippen LogP contribution is -2.34. The molecule has 0 saturated carbocycles. The number of carbonyl (C=O) groups excluding carboxylic acids is 1. The van der Waals surface area contributed by atoms with Gasteiger partial charge in [-0.3, -0.25) is 4.79 Å². The van der Waals surface area contributed by atoms with Gasteiger partial charge in [-0.15, -0.1) is 0 Å². The Labute approximate surface area is 103 Å². The SMILES string of the molecule is Cc1cccc(C)c1N1CCCN(C)C(=O)C1. The number of likely N-dealkylation sites (N-methyl/N-ethyl adjacent to an activating group) is 1. The molecule has 17 heavy (non-hydrogen) atoms. The van der Waals surface area contributed by atoms with Gasteiger partial charge in [0.15, 0.2) is 0 Å². The number of rotatable bonds is 1. The number of carbonyl (C=O) groups is 1. The van der Waals surface area contributed by atoms with Crippen molar-refractivity contribution in [2.45, 2.75) is 20.3 Å². The zero-order valence-electron chi connectivity index (χ0n) is 10.9. The Balaban J connectivity index is 2.30. The number of hydrogen-bond donors (Lipinski definition) is 0. The van der Waals surface area contributed by atoms with Crippen LogP contribution in [0.15, 0.2) is 18.2 Å². The minimum atomic E-state index is 0.213. The van der Waals surface area contributed by atoms with Crippen LogP contribution in [0.25, 0.3) is 0 Å². The Bertz CT molecular complexity index is 408. The van der Waals surface area contributed by atoms with Gasteiger partial charge < -0.3 is 9.80 Å². The van der Waals surface area contributed by atoms with Crippen LogP contribution in [-0.4, -0.2) is 37.5 Å². The Morgan fingerprint density at radius 1 is 1.12 bits per heavy atom. The van der Waals surface area contributed by atoms with Crippen LogP contribution in [0, 0.1) is 13.8 Å². The molecule has 0 radical (unpaired) electrons. The second kappa shape index (κ2) is 4.78. The lowest BCUT2D eigenvalue weighted by Gasteiger charge is -2.25. The lowest BCUT2D eigenvalue weighted by molar-refractivity contribution is -0.127. The number of amides is 1. The summed E-state index contributed by atoms with van der Waals surface area (Å²) < 4.78 is 0. The van der Waals surface area contributed by atoms with Gasteiger partial charge in [0, 0.05) is 25.8 Å². The van der Waals surface area contributed by atoms with E-state index in [2.05, 4.69) is 36.9 Å². The van der Waals surface area contributed by atoms with Gasteiger partial charge in [0.05, 0.1) is 6.54 Å². The van der Waals surface area contributed by atoms with E-state index in [4.69, 9.17) is 0 Å². The first-order chi connectivity index (χ1) is 8.09. The molecule has 1 aliphatic rings. The van der Waals surface area contributed by atoms with Gasteiger partial charge in [-0.2, -0.15) is 0 Å². The van der Waals surface area contributed by atoms with E-state index >= 15 is 0 Å². The third-order valence-electron chi connectivity index (χ3n) is 3.43. The number of hydrogen-bond acceptors (Lipinski definition) is 2. The summed E-state index contributed by atoms with van der Waals surface area (Å²) in [5.74, 6) is 0.213. The van der Waals surface area contributed by atoms with Crippen LogP contribution < -0.4 is 4.90 Å². The van der Waals surface area contributed by atoms with Gasteiger partial charge in [-0.05, 0) is 31.4 Å². The van der Waals surface area contributed by atoms with Gasteiger partial charge >= 0.3 is 0 Å². The van der Waals surface area contributed by atoms with E-state index < -0.39 is 0 Å². The van der Waals surface area contributed by atoms with Crippen LogP contribution in [0.2, 0.25) is 0 Å². The minimum absolute atomic E-state index is 0.213. The Morgan fingerprint density at radius 3 is 2.41 bits per heavy atom. The Hall–Kier alpha value is -1.51. The summed E-state index contributed by atoms with van der Waals surface area (Å²) in [6, 6.07) is 6.29. The Kier molecular flexibility index (Phi) is 3.36.